The van der Waals surface area contributed by atoms with Crippen molar-refractivity contribution in [2.45, 2.75) is 36.5 Å². The molecule has 28 heavy (non-hydrogen) atoms. The first-order valence-electron chi connectivity index (χ1n) is 8.71. The molecule has 2 N–H and O–H groups in total. The highest BCUT2D eigenvalue weighted by Gasteiger charge is 2.33. The van der Waals surface area contributed by atoms with Crippen LogP contribution < -0.4 is 4.72 Å². The number of nitrogens with one attached hydrogen (secondary N) is 1. The molecule has 0 radical (unpaired) electrons. The van der Waals surface area contributed by atoms with Crippen molar-refractivity contribution in [1.29, 1.82) is 0 Å². The molecular weight excluding hydrogens is 398 g/mol. The van der Waals surface area contributed by atoms with Gasteiger partial charge in [-0.2, -0.15) is 0 Å². The first-order chi connectivity index (χ1) is 13.2. The lowest BCUT2D eigenvalue weighted by atomic mass is 10.2. The Morgan fingerprint density at radius 3 is 2.54 bits per heavy atom. The zero-order valence-electron chi connectivity index (χ0n) is 15.9. The fourth-order valence-corrected chi connectivity index (χ4v) is 5.16. The summed E-state index contributed by atoms with van der Waals surface area (Å²) in [5.41, 5.74) is 0.739. The quantitative estimate of drug-likeness (QED) is 0.592. The Bertz CT molecular complexity index is 1060. The van der Waals surface area contributed by atoms with Crippen LogP contribution in [0.3, 0.4) is 0 Å². The molecule has 3 rings (SSSR count). The van der Waals surface area contributed by atoms with E-state index in [1.807, 2.05) is 0 Å². The lowest BCUT2D eigenvalue weighted by Gasteiger charge is -2.27. The summed E-state index contributed by atoms with van der Waals surface area (Å²) in [4.78, 5) is 4.18. The summed E-state index contributed by atoms with van der Waals surface area (Å²) >= 11 is -1.50. The number of aliphatic hydroxyl groups is 1. The molecule has 0 bridgehead atoms. The van der Waals surface area contributed by atoms with Crippen LogP contribution in [-0.2, 0) is 21.4 Å². The number of pyridine rings is 1. The average molecular weight is 422 g/mol. The molecule has 9 heteroatoms. The van der Waals surface area contributed by atoms with E-state index in [0.717, 1.165) is 0 Å². The van der Waals surface area contributed by atoms with Crippen molar-refractivity contribution in [2.75, 3.05) is 6.61 Å². The smallest absolute Gasteiger partial charge is 0.268 e. The zero-order valence-corrected chi connectivity index (χ0v) is 17.5. The van der Waals surface area contributed by atoms with Gasteiger partial charge in [-0.3, -0.25) is 4.98 Å². The highest BCUT2D eigenvalue weighted by molar-refractivity contribution is 7.91. The van der Waals surface area contributed by atoms with Gasteiger partial charge in [-0.25, -0.2) is 12.4 Å². The highest BCUT2D eigenvalue weighted by atomic mass is 32.2. The highest BCUT2D eigenvalue weighted by Crippen LogP contribution is 2.30. The second kappa shape index (κ2) is 7.84. The van der Waals surface area contributed by atoms with Crippen LogP contribution in [0.2, 0.25) is 0 Å². The molecule has 2 heterocycles. The SMILES string of the molecule is CC(C)(C)[S+]([O-])N[C@@H](CO)c1cc2cnccc2n1S(=O)(=O)c1ccccc1. The maximum absolute atomic E-state index is 13.4. The Morgan fingerprint density at radius 2 is 1.93 bits per heavy atom. The minimum atomic E-state index is -3.94. The van der Waals surface area contributed by atoms with Crippen molar-refractivity contribution in [3.63, 3.8) is 0 Å². The summed E-state index contributed by atoms with van der Waals surface area (Å²) < 4.78 is 42.8. The largest absolute Gasteiger partial charge is 0.598 e. The third kappa shape index (κ3) is 3.94. The van der Waals surface area contributed by atoms with Gasteiger partial charge in [-0.1, -0.05) is 18.2 Å². The molecule has 0 aliphatic rings. The first-order valence-corrected chi connectivity index (χ1v) is 11.3. The lowest BCUT2D eigenvalue weighted by Crippen LogP contribution is -2.43. The van der Waals surface area contributed by atoms with Gasteiger partial charge < -0.3 is 9.66 Å². The first kappa shape index (κ1) is 20.8. The van der Waals surface area contributed by atoms with Gasteiger partial charge in [0.1, 0.15) is 10.8 Å². The van der Waals surface area contributed by atoms with Crippen molar-refractivity contribution in [3.05, 3.63) is 60.6 Å². The predicted molar refractivity (Wildman–Crippen MR) is 110 cm³/mol. The van der Waals surface area contributed by atoms with Crippen molar-refractivity contribution >= 4 is 32.3 Å². The molecule has 0 spiro atoms. The number of nitrogens with zero attached hydrogens (tertiary/aromatic N) is 2. The number of hydrogen-bond acceptors (Lipinski definition) is 6. The monoisotopic (exact) mass is 421 g/mol. The Morgan fingerprint density at radius 1 is 1.25 bits per heavy atom. The fraction of sp³-hybridized carbons (Fsp3) is 0.316. The van der Waals surface area contributed by atoms with Crippen LogP contribution >= 0.6 is 0 Å². The Labute approximate surface area is 167 Å². The normalized spacial score (nSPS) is 14.9. The summed E-state index contributed by atoms with van der Waals surface area (Å²) in [5, 5.41) is 10.6. The maximum atomic E-state index is 13.4. The van der Waals surface area contributed by atoms with E-state index in [9.17, 15) is 18.1 Å². The van der Waals surface area contributed by atoms with Crippen LogP contribution in [0.4, 0.5) is 0 Å². The average Bonchev–Trinajstić information content (AvgIpc) is 3.05. The Kier molecular flexibility index (Phi) is 5.83. The molecule has 0 aliphatic carbocycles. The van der Waals surface area contributed by atoms with Crippen LogP contribution in [-0.4, -0.2) is 38.4 Å². The molecule has 1 aromatic carbocycles. The van der Waals surface area contributed by atoms with Crippen LogP contribution in [0.15, 0.2) is 59.8 Å². The summed E-state index contributed by atoms with van der Waals surface area (Å²) in [6.45, 7) is 4.97. The standard InChI is InChI=1S/C19H23N3O4S2/c1-19(2,3)27(24)21-16(13-23)18-11-14-12-20-10-9-17(14)22(18)28(25,26)15-7-5-4-6-8-15/h4-12,16,21,23H,13H2,1-3H3/t16-,27?/m0/s1. The van der Waals surface area contributed by atoms with Crippen LogP contribution in [0.25, 0.3) is 10.9 Å². The van der Waals surface area contributed by atoms with Gasteiger partial charge in [-0.05, 0) is 45.0 Å². The fourth-order valence-electron chi connectivity index (χ4n) is 2.76. The third-order valence-corrected chi connectivity index (χ3v) is 7.58. The van der Waals surface area contributed by atoms with Crippen LogP contribution in [0.1, 0.15) is 32.5 Å². The van der Waals surface area contributed by atoms with E-state index in [0.29, 0.717) is 16.6 Å². The van der Waals surface area contributed by atoms with Crippen molar-refractivity contribution in [2.24, 2.45) is 0 Å². The molecule has 2 atom stereocenters. The summed E-state index contributed by atoms with van der Waals surface area (Å²) in [7, 11) is -3.94. The van der Waals surface area contributed by atoms with E-state index in [1.165, 1.54) is 22.3 Å². The number of benzene rings is 1. The predicted octanol–water partition coefficient (Wildman–Crippen LogP) is 2.36. The molecule has 2 aromatic heterocycles. The molecule has 0 fully saturated rings. The van der Waals surface area contributed by atoms with Gasteiger partial charge in [0.05, 0.1) is 22.7 Å². The number of rotatable bonds is 6. The van der Waals surface area contributed by atoms with Gasteiger partial charge >= 0.3 is 0 Å². The topological polar surface area (TPSA) is 107 Å². The second-order valence-electron chi connectivity index (χ2n) is 7.32. The molecule has 1 unspecified atom stereocenters. The number of aromatic nitrogens is 2. The summed E-state index contributed by atoms with van der Waals surface area (Å²) in [6.07, 6.45) is 3.07. The van der Waals surface area contributed by atoms with Crippen molar-refractivity contribution < 1.29 is 18.1 Å². The van der Waals surface area contributed by atoms with Crippen molar-refractivity contribution in [3.8, 4) is 0 Å². The molecule has 3 aromatic rings. The van der Waals surface area contributed by atoms with Crippen LogP contribution in [0, 0.1) is 0 Å². The lowest BCUT2D eigenvalue weighted by molar-refractivity contribution is 0.255. The van der Waals surface area contributed by atoms with Crippen molar-refractivity contribution in [1.82, 2.24) is 13.7 Å². The summed E-state index contributed by atoms with van der Waals surface area (Å²) in [6, 6.07) is 10.5. The van der Waals surface area contributed by atoms with Gasteiger partial charge in [0.15, 0.2) is 0 Å². The summed E-state index contributed by atoms with van der Waals surface area (Å²) in [5.74, 6) is 0. The van der Waals surface area contributed by atoms with Gasteiger partial charge in [-0.15, -0.1) is 4.72 Å². The van der Waals surface area contributed by atoms with Gasteiger partial charge in [0, 0.05) is 29.1 Å². The van der Waals surface area contributed by atoms with Gasteiger partial charge in [0.25, 0.3) is 10.0 Å². The maximum Gasteiger partial charge on any atom is 0.268 e. The second-order valence-corrected chi connectivity index (χ2v) is 11.1. The minimum Gasteiger partial charge on any atom is -0.598 e. The zero-order chi connectivity index (χ0) is 20.5. The molecule has 7 nitrogen and oxygen atoms in total. The third-order valence-electron chi connectivity index (χ3n) is 4.21. The van der Waals surface area contributed by atoms with E-state index < -0.39 is 38.8 Å². The minimum absolute atomic E-state index is 0.124. The van der Waals surface area contributed by atoms with E-state index in [2.05, 4.69) is 9.71 Å². The number of fused-ring (bicyclic) bond motifs is 1. The van der Waals surface area contributed by atoms with E-state index in [4.69, 9.17) is 0 Å². The molecule has 150 valence electrons. The van der Waals surface area contributed by atoms with Gasteiger partial charge in [0.2, 0.25) is 0 Å². The molecular formula is C19H23N3O4S2. The Balaban J connectivity index is 2.20. The molecule has 0 aliphatic heterocycles. The molecule has 0 saturated heterocycles. The van der Waals surface area contributed by atoms with E-state index in [-0.39, 0.29) is 4.90 Å². The molecule has 0 saturated carbocycles. The molecule has 0 amide bonds. The number of hydrogen-bond donors (Lipinski definition) is 2. The number of aliphatic hydroxyl groups excluding tert-OH is 1. The Hall–Kier alpha value is -1.91. The van der Waals surface area contributed by atoms with E-state index >= 15 is 0 Å². The van der Waals surface area contributed by atoms with Crippen LogP contribution in [0.5, 0.6) is 0 Å². The van der Waals surface area contributed by atoms with E-state index in [1.54, 1.807) is 57.3 Å².